The van der Waals surface area contributed by atoms with Crippen LogP contribution in [0.3, 0.4) is 0 Å². The molecule has 0 bridgehead atoms. The minimum atomic E-state index is 0.570. The van der Waals surface area contributed by atoms with Gasteiger partial charge in [0, 0.05) is 38.4 Å². The summed E-state index contributed by atoms with van der Waals surface area (Å²) in [4.78, 5) is 5.14. The summed E-state index contributed by atoms with van der Waals surface area (Å²) in [5, 5.41) is 4.56. The summed E-state index contributed by atoms with van der Waals surface area (Å²) >= 11 is 0. The van der Waals surface area contributed by atoms with Gasteiger partial charge < -0.3 is 13.4 Å². The average Bonchev–Trinajstić information content (AvgIpc) is 3.82. The molecule has 0 aliphatic heterocycles. The largest absolute Gasteiger partial charge is 0.456 e. The SMILES string of the molecule is c1ccc(-n2c3ccccc3c3cc(-c4nc5oc6ccccc6n5c4-c4ccc5oc6ccccc6c5c4)ccc32)cc1. The molecule has 44 heavy (non-hydrogen) atoms. The van der Waals surface area contributed by atoms with Crippen molar-refractivity contribution in [1.29, 1.82) is 0 Å². The van der Waals surface area contributed by atoms with Crippen LogP contribution < -0.4 is 0 Å². The maximum atomic E-state index is 6.31. The van der Waals surface area contributed by atoms with Crippen molar-refractivity contribution >= 4 is 60.7 Å². The topological polar surface area (TPSA) is 48.5 Å². The van der Waals surface area contributed by atoms with Gasteiger partial charge in [-0.25, -0.2) is 0 Å². The van der Waals surface area contributed by atoms with Gasteiger partial charge in [0.1, 0.15) is 16.9 Å². The molecule has 0 N–H and O–H groups in total. The standard InChI is InChI=1S/C39H23N3O2/c1-2-10-26(11-3-1)41-31-14-6-4-12-27(31)29-22-24(18-20-32(29)41)37-38(42-33-15-7-9-17-36(33)44-39(42)40-37)25-19-21-35-30(23-25)28-13-5-8-16-34(28)43-35/h1-23H. The highest BCUT2D eigenvalue weighted by molar-refractivity contribution is 6.11. The number of fused-ring (bicyclic) bond motifs is 9. The Morgan fingerprint density at radius 3 is 2.00 bits per heavy atom. The summed E-state index contributed by atoms with van der Waals surface area (Å²) in [6, 6.07) is 48.5. The highest BCUT2D eigenvalue weighted by Gasteiger charge is 2.23. The van der Waals surface area contributed by atoms with E-state index in [1.807, 2.05) is 30.3 Å². The number of aromatic nitrogens is 3. The number of hydrogen-bond acceptors (Lipinski definition) is 3. The molecule has 4 aromatic heterocycles. The van der Waals surface area contributed by atoms with Crippen LogP contribution in [0.2, 0.25) is 0 Å². The van der Waals surface area contributed by atoms with Crippen LogP contribution in [0.15, 0.2) is 148 Å². The Labute approximate surface area is 250 Å². The second kappa shape index (κ2) is 8.72. The number of oxazole rings is 1. The van der Waals surface area contributed by atoms with E-state index in [0.717, 1.165) is 66.8 Å². The first-order valence-corrected chi connectivity index (χ1v) is 14.7. The van der Waals surface area contributed by atoms with Crippen LogP contribution in [0, 0.1) is 0 Å². The summed E-state index contributed by atoms with van der Waals surface area (Å²) in [5.74, 6) is 0.570. The van der Waals surface area contributed by atoms with Crippen LogP contribution in [0.1, 0.15) is 0 Å². The van der Waals surface area contributed by atoms with Gasteiger partial charge in [0.2, 0.25) is 0 Å². The van der Waals surface area contributed by atoms with Crippen LogP contribution in [0.25, 0.3) is 88.9 Å². The van der Waals surface area contributed by atoms with Crippen molar-refractivity contribution in [3.8, 4) is 28.2 Å². The molecule has 5 nitrogen and oxygen atoms in total. The van der Waals surface area contributed by atoms with E-state index in [4.69, 9.17) is 13.8 Å². The molecule has 0 spiro atoms. The minimum Gasteiger partial charge on any atom is -0.456 e. The van der Waals surface area contributed by atoms with E-state index in [2.05, 4.69) is 118 Å². The molecule has 206 valence electrons. The molecule has 0 radical (unpaired) electrons. The lowest BCUT2D eigenvalue weighted by atomic mass is 10.0. The Balaban J connectivity index is 1.28. The van der Waals surface area contributed by atoms with Crippen LogP contribution in [0.5, 0.6) is 0 Å². The molecule has 0 unspecified atom stereocenters. The van der Waals surface area contributed by atoms with Crippen molar-refractivity contribution in [2.75, 3.05) is 0 Å². The maximum absolute atomic E-state index is 6.31. The highest BCUT2D eigenvalue weighted by atomic mass is 16.4. The molecule has 5 heteroatoms. The molecule has 0 aliphatic carbocycles. The van der Waals surface area contributed by atoms with Crippen LogP contribution in [-0.4, -0.2) is 14.0 Å². The molecule has 4 heterocycles. The van der Waals surface area contributed by atoms with Gasteiger partial charge in [-0.05, 0) is 66.7 Å². The summed E-state index contributed by atoms with van der Waals surface area (Å²) in [5.41, 5.74) is 10.9. The van der Waals surface area contributed by atoms with Crippen molar-refractivity contribution in [1.82, 2.24) is 14.0 Å². The van der Waals surface area contributed by atoms with Crippen molar-refractivity contribution < 1.29 is 8.83 Å². The number of rotatable bonds is 3. The van der Waals surface area contributed by atoms with E-state index < -0.39 is 0 Å². The smallest absolute Gasteiger partial charge is 0.307 e. The fourth-order valence-corrected chi connectivity index (χ4v) is 6.83. The van der Waals surface area contributed by atoms with Crippen LogP contribution >= 0.6 is 0 Å². The quantitative estimate of drug-likeness (QED) is 0.214. The molecule has 0 saturated heterocycles. The molecule has 6 aromatic carbocycles. The number of benzene rings is 6. The average molecular weight is 566 g/mol. The second-order valence-electron chi connectivity index (χ2n) is 11.2. The minimum absolute atomic E-state index is 0.570. The van der Waals surface area contributed by atoms with E-state index in [0.29, 0.717) is 5.84 Å². The van der Waals surface area contributed by atoms with Crippen molar-refractivity contribution in [2.45, 2.75) is 0 Å². The molecule has 0 aliphatic rings. The van der Waals surface area contributed by atoms with E-state index in [9.17, 15) is 0 Å². The van der Waals surface area contributed by atoms with E-state index >= 15 is 0 Å². The van der Waals surface area contributed by atoms with Crippen molar-refractivity contribution in [3.63, 3.8) is 0 Å². The van der Waals surface area contributed by atoms with Gasteiger partial charge >= 0.3 is 5.84 Å². The molecule has 0 atom stereocenters. The molecule has 0 amide bonds. The van der Waals surface area contributed by atoms with Gasteiger partial charge in [-0.2, -0.15) is 4.98 Å². The Morgan fingerprint density at radius 1 is 0.455 bits per heavy atom. The van der Waals surface area contributed by atoms with E-state index in [-0.39, 0.29) is 0 Å². The third-order valence-corrected chi connectivity index (χ3v) is 8.76. The van der Waals surface area contributed by atoms with Gasteiger partial charge in [0.25, 0.3) is 0 Å². The molecule has 0 saturated carbocycles. The molecule has 0 fully saturated rings. The van der Waals surface area contributed by atoms with Gasteiger partial charge in [-0.3, -0.25) is 4.40 Å². The maximum Gasteiger partial charge on any atom is 0.307 e. The third kappa shape index (κ3) is 3.21. The fourth-order valence-electron chi connectivity index (χ4n) is 6.83. The summed E-state index contributed by atoms with van der Waals surface area (Å²) in [6.45, 7) is 0. The molecule has 10 rings (SSSR count). The Bertz CT molecular complexity index is 2720. The Hall–Kier alpha value is -6.07. The first-order valence-electron chi connectivity index (χ1n) is 14.7. The highest BCUT2D eigenvalue weighted by Crippen LogP contribution is 2.41. The number of furan rings is 1. The fraction of sp³-hybridized carbons (Fsp3) is 0. The Morgan fingerprint density at radius 2 is 1.11 bits per heavy atom. The molecular weight excluding hydrogens is 542 g/mol. The van der Waals surface area contributed by atoms with Crippen molar-refractivity contribution in [3.05, 3.63) is 140 Å². The van der Waals surface area contributed by atoms with Gasteiger partial charge in [0.15, 0.2) is 5.58 Å². The monoisotopic (exact) mass is 565 g/mol. The second-order valence-corrected chi connectivity index (χ2v) is 11.2. The molecule has 10 aromatic rings. The number of nitrogens with zero attached hydrogens (tertiary/aromatic N) is 3. The lowest BCUT2D eigenvalue weighted by Crippen LogP contribution is -1.93. The lowest BCUT2D eigenvalue weighted by Gasteiger charge is -2.09. The van der Waals surface area contributed by atoms with Crippen LogP contribution in [-0.2, 0) is 0 Å². The lowest BCUT2D eigenvalue weighted by molar-refractivity contribution is 0.642. The number of imidazole rings is 1. The summed E-state index contributed by atoms with van der Waals surface area (Å²) < 4.78 is 17.0. The van der Waals surface area contributed by atoms with Gasteiger partial charge in [-0.1, -0.05) is 72.8 Å². The van der Waals surface area contributed by atoms with E-state index in [1.165, 1.54) is 16.3 Å². The van der Waals surface area contributed by atoms with E-state index in [1.54, 1.807) is 0 Å². The Kier molecular flexibility index (Phi) is 4.66. The third-order valence-electron chi connectivity index (χ3n) is 8.76. The number of para-hydroxylation sites is 5. The summed E-state index contributed by atoms with van der Waals surface area (Å²) in [6.07, 6.45) is 0. The van der Waals surface area contributed by atoms with Gasteiger partial charge in [-0.15, -0.1) is 0 Å². The van der Waals surface area contributed by atoms with Crippen LogP contribution in [0.4, 0.5) is 0 Å². The first-order chi connectivity index (χ1) is 21.8. The van der Waals surface area contributed by atoms with Gasteiger partial charge in [0.05, 0.1) is 22.2 Å². The predicted molar refractivity (Wildman–Crippen MR) is 177 cm³/mol. The molecular formula is C39H23N3O2. The zero-order chi connectivity index (χ0) is 28.8. The zero-order valence-electron chi connectivity index (χ0n) is 23.4. The number of hydrogen-bond donors (Lipinski definition) is 0. The normalized spacial score (nSPS) is 12.1. The zero-order valence-corrected chi connectivity index (χ0v) is 23.4. The first kappa shape index (κ1) is 23.5. The van der Waals surface area contributed by atoms with Crippen molar-refractivity contribution in [2.24, 2.45) is 0 Å². The summed E-state index contributed by atoms with van der Waals surface area (Å²) in [7, 11) is 0. The predicted octanol–water partition coefficient (Wildman–Crippen LogP) is 10.4.